The zero-order chi connectivity index (χ0) is 13.4. The standard InChI is InChI=1S/C12H22N2O4/c1-17-6-3-4-13-11(15)9-8-10(9)12(16)14-5-7-18-2/h9-10H,3-8H2,1-2H3,(H,13,15)(H,14,16). The Morgan fingerprint density at radius 1 is 1.00 bits per heavy atom. The largest absolute Gasteiger partial charge is 0.385 e. The molecule has 104 valence electrons. The third-order valence-electron chi connectivity index (χ3n) is 2.89. The first-order valence-electron chi connectivity index (χ1n) is 6.24. The lowest BCUT2D eigenvalue weighted by molar-refractivity contribution is -0.127. The van der Waals surface area contributed by atoms with E-state index >= 15 is 0 Å². The van der Waals surface area contributed by atoms with Gasteiger partial charge in [-0.15, -0.1) is 0 Å². The SMILES string of the molecule is COCCCNC(=O)C1CC1C(=O)NCCOC. The molecule has 0 aromatic carbocycles. The van der Waals surface area contributed by atoms with Crippen LogP contribution in [0.5, 0.6) is 0 Å². The first-order chi connectivity index (χ1) is 8.70. The summed E-state index contributed by atoms with van der Waals surface area (Å²) in [7, 11) is 3.21. The van der Waals surface area contributed by atoms with E-state index in [1.54, 1.807) is 14.2 Å². The average Bonchev–Trinajstić information content (AvgIpc) is 3.15. The number of rotatable bonds is 9. The fourth-order valence-corrected chi connectivity index (χ4v) is 1.74. The first kappa shape index (κ1) is 14.9. The predicted octanol–water partition coefficient (Wildman–Crippen LogP) is -0.462. The van der Waals surface area contributed by atoms with Gasteiger partial charge in [0.2, 0.25) is 11.8 Å². The van der Waals surface area contributed by atoms with Gasteiger partial charge in [0, 0.05) is 33.9 Å². The Bertz CT molecular complexity index is 283. The molecule has 0 aromatic heterocycles. The molecule has 2 atom stereocenters. The number of methoxy groups -OCH3 is 2. The monoisotopic (exact) mass is 258 g/mol. The summed E-state index contributed by atoms with van der Waals surface area (Å²) in [4.78, 5) is 23.3. The molecule has 18 heavy (non-hydrogen) atoms. The molecule has 2 amide bonds. The summed E-state index contributed by atoms with van der Waals surface area (Å²) in [5.41, 5.74) is 0. The molecule has 0 aliphatic heterocycles. The van der Waals surface area contributed by atoms with Gasteiger partial charge in [-0.3, -0.25) is 9.59 Å². The van der Waals surface area contributed by atoms with Gasteiger partial charge < -0.3 is 20.1 Å². The van der Waals surface area contributed by atoms with Crippen LogP contribution in [0.15, 0.2) is 0 Å². The minimum atomic E-state index is -0.163. The molecule has 1 saturated carbocycles. The summed E-state index contributed by atoms with van der Waals surface area (Å²) in [5, 5.41) is 5.55. The zero-order valence-electron chi connectivity index (χ0n) is 11.0. The van der Waals surface area contributed by atoms with E-state index < -0.39 is 0 Å². The molecule has 0 saturated heterocycles. The van der Waals surface area contributed by atoms with Gasteiger partial charge in [0.15, 0.2) is 0 Å². The highest BCUT2D eigenvalue weighted by Crippen LogP contribution is 2.38. The summed E-state index contributed by atoms with van der Waals surface area (Å²) >= 11 is 0. The predicted molar refractivity (Wildman–Crippen MR) is 66.0 cm³/mol. The molecule has 1 rings (SSSR count). The maximum atomic E-state index is 11.7. The second kappa shape index (κ2) is 8.05. The maximum absolute atomic E-state index is 11.7. The van der Waals surface area contributed by atoms with E-state index in [0.29, 0.717) is 32.7 Å². The molecule has 2 N–H and O–H groups in total. The van der Waals surface area contributed by atoms with Crippen molar-refractivity contribution in [2.24, 2.45) is 11.8 Å². The molecule has 6 nitrogen and oxygen atoms in total. The first-order valence-corrected chi connectivity index (χ1v) is 6.24. The van der Waals surface area contributed by atoms with Gasteiger partial charge in [-0.05, 0) is 12.8 Å². The van der Waals surface area contributed by atoms with Crippen molar-refractivity contribution >= 4 is 11.8 Å². The van der Waals surface area contributed by atoms with Crippen LogP contribution in [0.3, 0.4) is 0 Å². The molecule has 1 aliphatic carbocycles. The molecule has 0 spiro atoms. The van der Waals surface area contributed by atoms with Gasteiger partial charge in [-0.1, -0.05) is 0 Å². The number of hydrogen-bond donors (Lipinski definition) is 2. The van der Waals surface area contributed by atoms with Crippen LogP contribution < -0.4 is 10.6 Å². The molecular formula is C12H22N2O4. The fourth-order valence-electron chi connectivity index (χ4n) is 1.74. The van der Waals surface area contributed by atoms with Crippen molar-refractivity contribution < 1.29 is 19.1 Å². The Morgan fingerprint density at radius 2 is 1.56 bits per heavy atom. The highest BCUT2D eigenvalue weighted by atomic mass is 16.5. The summed E-state index contributed by atoms with van der Waals surface area (Å²) < 4.78 is 9.72. The van der Waals surface area contributed by atoms with Gasteiger partial charge in [0.1, 0.15) is 0 Å². The topological polar surface area (TPSA) is 76.7 Å². The minimum absolute atomic E-state index is 0.0296. The Hall–Kier alpha value is -1.14. The highest BCUT2D eigenvalue weighted by molar-refractivity contribution is 5.92. The van der Waals surface area contributed by atoms with E-state index in [4.69, 9.17) is 9.47 Å². The van der Waals surface area contributed by atoms with E-state index in [0.717, 1.165) is 6.42 Å². The van der Waals surface area contributed by atoms with Crippen molar-refractivity contribution in [3.05, 3.63) is 0 Å². The molecule has 1 aliphatic rings. The molecule has 0 aromatic rings. The molecule has 0 bridgehead atoms. The van der Waals surface area contributed by atoms with E-state index in [9.17, 15) is 9.59 Å². The maximum Gasteiger partial charge on any atom is 0.224 e. The van der Waals surface area contributed by atoms with Gasteiger partial charge in [-0.25, -0.2) is 0 Å². The van der Waals surface area contributed by atoms with Crippen LogP contribution in [0.2, 0.25) is 0 Å². The number of ether oxygens (including phenoxy) is 2. The number of carbonyl (C=O) groups is 2. The van der Waals surface area contributed by atoms with Crippen molar-refractivity contribution in [3.63, 3.8) is 0 Å². The Morgan fingerprint density at radius 3 is 2.11 bits per heavy atom. The number of nitrogens with one attached hydrogen (secondary N) is 2. The normalized spacial score (nSPS) is 21.4. The van der Waals surface area contributed by atoms with Crippen molar-refractivity contribution in [3.8, 4) is 0 Å². The molecular weight excluding hydrogens is 236 g/mol. The van der Waals surface area contributed by atoms with Crippen LogP contribution in [0, 0.1) is 11.8 Å². The summed E-state index contributed by atoms with van der Waals surface area (Å²) in [6.45, 7) is 2.22. The second-order valence-electron chi connectivity index (χ2n) is 4.37. The summed E-state index contributed by atoms with van der Waals surface area (Å²) in [5.74, 6) is -0.401. The minimum Gasteiger partial charge on any atom is -0.385 e. The summed E-state index contributed by atoms with van der Waals surface area (Å²) in [6.07, 6.45) is 1.44. The fraction of sp³-hybridized carbons (Fsp3) is 0.833. The lowest BCUT2D eigenvalue weighted by atomic mass is 10.2. The van der Waals surface area contributed by atoms with E-state index in [-0.39, 0.29) is 23.7 Å². The van der Waals surface area contributed by atoms with Crippen molar-refractivity contribution in [2.75, 3.05) is 40.5 Å². The molecule has 0 radical (unpaired) electrons. The number of amides is 2. The number of hydrogen-bond acceptors (Lipinski definition) is 4. The van der Waals surface area contributed by atoms with Crippen molar-refractivity contribution in [2.45, 2.75) is 12.8 Å². The Kier molecular flexibility index (Phi) is 6.67. The van der Waals surface area contributed by atoms with Crippen LogP contribution in [0.25, 0.3) is 0 Å². The molecule has 6 heteroatoms. The van der Waals surface area contributed by atoms with E-state index in [2.05, 4.69) is 10.6 Å². The Balaban J connectivity index is 2.11. The van der Waals surface area contributed by atoms with E-state index in [1.165, 1.54) is 0 Å². The number of carbonyl (C=O) groups excluding carboxylic acids is 2. The highest BCUT2D eigenvalue weighted by Gasteiger charge is 2.47. The third kappa shape index (κ3) is 5.01. The van der Waals surface area contributed by atoms with Crippen molar-refractivity contribution in [1.82, 2.24) is 10.6 Å². The lowest BCUT2D eigenvalue weighted by Gasteiger charge is -2.05. The van der Waals surface area contributed by atoms with Gasteiger partial charge >= 0.3 is 0 Å². The van der Waals surface area contributed by atoms with E-state index in [1.807, 2.05) is 0 Å². The summed E-state index contributed by atoms with van der Waals surface area (Å²) in [6, 6.07) is 0. The average molecular weight is 258 g/mol. The van der Waals surface area contributed by atoms with Gasteiger partial charge in [0.05, 0.1) is 18.4 Å². The van der Waals surface area contributed by atoms with Crippen LogP contribution in [-0.2, 0) is 19.1 Å². The lowest BCUT2D eigenvalue weighted by Crippen LogP contribution is -2.32. The Labute approximate surface area is 107 Å². The smallest absolute Gasteiger partial charge is 0.224 e. The quantitative estimate of drug-likeness (QED) is 0.549. The molecule has 2 unspecified atom stereocenters. The van der Waals surface area contributed by atoms with Crippen LogP contribution >= 0.6 is 0 Å². The van der Waals surface area contributed by atoms with Crippen LogP contribution in [0.1, 0.15) is 12.8 Å². The zero-order valence-corrected chi connectivity index (χ0v) is 11.0. The molecule has 1 fully saturated rings. The van der Waals surface area contributed by atoms with Gasteiger partial charge in [-0.2, -0.15) is 0 Å². The third-order valence-corrected chi connectivity index (χ3v) is 2.89. The van der Waals surface area contributed by atoms with Crippen LogP contribution in [0.4, 0.5) is 0 Å². The van der Waals surface area contributed by atoms with Crippen molar-refractivity contribution in [1.29, 1.82) is 0 Å². The van der Waals surface area contributed by atoms with Crippen LogP contribution in [-0.4, -0.2) is 52.3 Å². The van der Waals surface area contributed by atoms with Gasteiger partial charge in [0.25, 0.3) is 0 Å². The molecule has 0 heterocycles. The second-order valence-corrected chi connectivity index (χ2v) is 4.37.